The van der Waals surface area contributed by atoms with Crippen molar-refractivity contribution in [3.05, 3.63) is 96.8 Å². The van der Waals surface area contributed by atoms with Gasteiger partial charge in [-0.3, -0.25) is 0 Å². The molecule has 0 aliphatic heterocycles. The number of unbranched alkanes of at least 4 members (excludes halogenated alkanes) is 5. The molecular formula is C29H34ClO2. The van der Waals surface area contributed by atoms with E-state index in [-0.39, 0.29) is 5.75 Å². The summed E-state index contributed by atoms with van der Waals surface area (Å²) in [5.74, 6) is 3.20. The first-order chi connectivity index (χ1) is 15.7. The van der Waals surface area contributed by atoms with Gasteiger partial charge in [0.2, 0.25) is 0 Å². The van der Waals surface area contributed by atoms with Crippen LogP contribution in [-0.2, 0) is 0 Å². The fourth-order valence-corrected chi connectivity index (χ4v) is 4.24. The quantitative estimate of drug-likeness (QED) is 0.248. The average Bonchev–Trinajstić information content (AvgIpc) is 3.35. The highest BCUT2D eigenvalue weighted by atomic mass is 35.5. The molecule has 2 nitrogen and oxygen atoms in total. The van der Waals surface area contributed by atoms with Crippen LogP contribution in [0.5, 0.6) is 11.5 Å². The van der Waals surface area contributed by atoms with E-state index >= 15 is 0 Å². The molecule has 1 N–H and O–H groups in total. The first-order valence-corrected chi connectivity index (χ1v) is 12.3. The molecule has 2 aromatic carbocycles. The number of ether oxygens (including phenoxy) is 1. The Balaban J connectivity index is 1.67. The molecule has 1 fully saturated rings. The van der Waals surface area contributed by atoms with Crippen LogP contribution in [0, 0.1) is 31.6 Å². The topological polar surface area (TPSA) is 29.5 Å². The molecular weight excluding hydrogens is 416 g/mol. The molecule has 1 aliphatic rings. The maximum Gasteiger partial charge on any atom is 0.119 e. The molecule has 0 amide bonds. The summed E-state index contributed by atoms with van der Waals surface area (Å²) >= 11 is 5.72. The summed E-state index contributed by atoms with van der Waals surface area (Å²) in [5.41, 5.74) is 4.75. The van der Waals surface area contributed by atoms with Crippen molar-refractivity contribution in [3.63, 3.8) is 0 Å². The van der Waals surface area contributed by atoms with E-state index in [4.69, 9.17) is 16.3 Å². The van der Waals surface area contributed by atoms with Crippen LogP contribution < -0.4 is 4.74 Å². The van der Waals surface area contributed by atoms with Gasteiger partial charge >= 0.3 is 0 Å². The predicted octanol–water partition coefficient (Wildman–Crippen LogP) is 7.97. The van der Waals surface area contributed by atoms with Gasteiger partial charge in [0, 0.05) is 11.8 Å². The summed E-state index contributed by atoms with van der Waals surface area (Å²) in [4.78, 5) is 0. The molecule has 1 saturated carbocycles. The van der Waals surface area contributed by atoms with Gasteiger partial charge in [-0.25, -0.2) is 0 Å². The Hall–Kier alpha value is -1.93. The summed E-state index contributed by atoms with van der Waals surface area (Å²) in [6.07, 6.45) is 16.5. The van der Waals surface area contributed by atoms with Crippen molar-refractivity contribution in [3.8, 4) is 11.5 Å². The molecule has 169 valence electrons. The van der Waals surface area contributed by atoms with Crippen LogP contribution in [0.3, 0.4) is 0 Å². The number of hydrogen-bond donors (Lipinski definition) is 1. The highest BCUT2D eigenvalue weighted by Crippen LogP contribution is 2.40. The maximum absolute atomic E-state index is 9.76. The molecule has 1 aliphatic carbocycles. The number of hydrogen-bond acceptors (Lipinski definition) is 2. The third kappa shape index (κ3) is 7.30. The third-order valence-electron chi connectivity index (χ3n) is 5.76. The van der Waals surface area contributed by atoms with E-state index in [0.29, 0.717) is 0 Å². The second kappa shape index (κ2) is 13.6. The number of phenols is 1. The first-order valence-electron chi connectivity index (χ1n) is 11.8. The Labute approximate surface area is 199 Å². The zero-order valence-electron chi connectivity index (χ0n) is 19.0. The average molecular weight is 450 g/mol. The summed E-state index contributed by atoms with van der Waals surface area (Å²) in [5, 5.41) is 9.76. The van der Waals surface area contributed by atoms with E-state index in [1.54, 1.807) is 12.1 Å². The van der Waals surface area contributed by atoms with Crippen molar-refractivity contribution in [1.82, 2.24) is 0 Å². The van der Waals surface area contributed by atoms with E-state index in [0.717, 1.165) is 48.6 Å². The summed E-state index contributed by atoms with van der Waals surface area (Å²) in [6.45, 7) is 2.94. The van der Waals surface area contributed by atoms with Crippen molar-refractivity contribution < 1.29 is 9.84 Å². The number of rotatable bonds is 13. The van der Waals surface area contributed by atoms with E-state index in [1.807, 2.05) is 12.1 Å². The van der Waals surface area contributed by atoms with Crippen LogP contribution in [0.4, 0.5) is 0 Å². The Kier molecular flexibility index (Phi) is 10.5. The fourth-order valence-electron chi connectivity index (χ4n) is 4.06. The molecule has 0 bridgehead atoms. The SMILES string of the molecule is CC/C([C]1[CH][CH][CH][CH]1)=C(/c1ccc(O)cc1)c1ccc(OCCCCCCCCCl)cc1. The van der Waals surface area contributed by atoms with Gasteiger partial charge < -0.3 is 9.84 Å². The molecule has 0 saturated heterocycles. The molecule has 5 radical (unpaired) electrons. The zero-order valence-corrected chi connectivity index (χ0v) is 19.8. The molecule has 2 aromatic rings. The molecule has 0 atom stereocenters. The van der Waals surface area contributed by atoms with Crippen molar-refractivity contribution in [1.29, 1.82) is 0 Å². The van der Waals surface area contributed by atoms with Crippen LogP contribution in [0.1, 0.15) is 63.0 Å². The Morgan fingerprint density at radius 1 is 0.781 bits per heavy atom. The molecule has 0 aromatic heterocycles. The smallest absolute Gasteiger partial charge is 0.119 e. The monoisotopic (exact) mass is 449 g/mol. The van der Waals surface area contributed by atoms with Crippen LogP contribution in [0.25, 0.3) is 5.57 Å². The van der Waals surface area contributed by atoms with Gasteiger partial charge in [-0.05, 0) is 85.9 Å². The standard InChI is InChI=1S/C29H34ClO2/c1-2-28(23-11-7-8-12-23)29(24-13-17-26(31)18-14-24)25-15-19-27(20-16-25)32-22-10-6-4-3-5-9-21-30/h7-8,11-20,31H,2-6,9-10,21-22H2,1H3/b29-28+. The lowest BCUT2D eigenvalue weighted by atomic mass is 9.84. The highest BCUT2D eigenvalue weighted by molar-refractivity contribution is 6.17. The number of aromatic hydroxyl groups is 1. The molecule has 0 unspecified atom stereocenters. The molecule has 32 heavy (non-hydrogen) atoms. The van der Waals surface area contributed by atoms with Crippen molar-refractivity contribution in [2.45, 2.75) is 51.9 Å². The van der Waals surface area contributed by atoms with E-state index < -0.39 is 0 Å². The van der Waals surface area contributed by atoms with Crippen molar-refractivity contribution in [2.75, 3.05) is 12.5 Å². The second-order valence-corrected chi connectivity index (χ2v) is 8.49. The minimum absolute atomic E-state index is 0.280. The number of alkyl halides is 1. The van der Waals surface area contributed by atoms with Gasteiger partial charge in [0.15, 0.2) is 0 Å². The van der Waals surface area contributed by atoms with Crippen LogP contribution in [0.2, 0.25) is 0 Å². The van der Waals surface area contributed by atoms with E-state index in [9.17, 15) is 5.11 Å². The number of benzene rings is 2. The van der Waals surface area contributed by atoms with Gasteiger partial charge in [-0.2, -0.15) is 0 Å². The minimum Gasteiger partial charge on any atom is -0.508 e. The molecule has 3 heteroatoms. The predicted molar refractivity (Wildman–Crippen MR) is 135 cm³/mol. The zero-order chi connectivity index (χ0) is 22.6. The molecule has 0 spiro atoms. The van der Waals surface area contributed by atoms with Crippen LogP contribution >= 0.6 is 11.6 Å². The fraction of sp³-hybridized carbons (Fsp3) is 0.345. The largest absolute Gasteiger partial charge is 0.508 e. The number of halogens is 1. The van der Waals surface area contributed by atoms with E-state index in [1.165, 1.54) is 42.7 Å². The van der Waals surface area contributed by atoms with Gasteiger partial charge in [0.05, 0.1) is 6.61 Å². The van der Waals surface area contributed by atoms with Gasteiger partial charge in [-0.1, -0.05) is 62.4 Å². The maximum atomic E-state index is 9.76. The second-order valence-electron chi connectivity index (χ2n) is 8.11. The Morgan fingerprint density at radius 3 is 1.94 bits per heavy atom. The Morgan fingerprint density at radius 2 is 1.34 bits per heavy atom. The van der Waals surface area contributed by atoms with Crippen LogP contribution in [0.15, 0.2) is 54.1 Å². The van der Waals surface area contributed by atoms with Gasteiger partial charge in [0.1, 0.15) is 11.5 Å². The van der Waals surface area contributed by atoms with Crippen LogP contribution in [-0.4, -0.2) is 17.6 Å². The lowest BCUT2D eigenvalue weighted by Crippen LogP contribution is -2.03. The lowest BCUT2D eigenvalue weighted by molar-refractivity contribution is 0.304. The normalized spacial score (nSPS) is 15.1. The number of phenolic OH excluding ortho intramolecular Hbond substituents is 1. The summed E-state index contributed by atoms with van der Waals surface area (Å²) in [7, 11) is 0. The Bertz CT molecular complexity index is 817. The van der Waals surface area contributed by atoms with Gasteiger partial charge in [-0.15, -0.1) is 11.6 Å². The van der Waals surface area contributed by atoms with Crippen molar-refractivity contribution >= 4 is 17.2 Å². The van der Waals surface area contributed by atoms with E-state index in [2.05, 4.69) is 56.9 Å². The van der Waals surface area contributed by atoms with Crippen molar-refractivity contribution in [2.24, 2.45) is 0 Å². The summed E-state index contributed by atoms with van der Waals surface area (Å²) < 4.78 is 5.98. The third-order valence-corrected chi connectivity index (χ3v) is 6.03. The first kappa shape index (κ1) is 24.7. The molecule has 0 heterocycles. The van der Waals surface area contributed by atoms with Gasteiger partial charge in [0.25, 0.3) is 0 Å². The minimum atomic E-state index is 0.280. The summed E-state index contributed by atoms with van der Waals surface area (Å²) in [6, 6.07) is 15.9. The molecule has 3 rings (SSSR count). The highest BCUT2D eigenvalue weighted by Gasteiger charge is 2.24. The number of allylic oxidation sites excluding steroid dienone is 1. The lowest BCUT2D eigenvalue weighted by Gasteiger charge is -2.20.